The summed E-state index contributed by atoms with van der Waals surface area (Å²) in [6, 6.07) is 5.17. The van der Waals surface area contributed by atoms with Crippen LogP contribution in [-0.2, 0) is 0 Å². The van der Waals surface area contributed by atoms with Crippen LogP contribution in [0.1, 0.15) is 18.2 Å². The molecular weight excluding hydrogens is 214 g/mol. The van der Waals surface area contributed by atoms with E-state index in [-0.39, 0.29) is 0 Å². The zero-order valence-corrected chi connectivity index (χ0v) is 10.4. The average molecular weight is 235 g/mol. The molecule has 0 aliphatic carbocycles. The van der Waals surface area contributed by atoms with Gasteiger partial charge in [0.15, 0.2) is 0 Å². The van der Waals surface area contributed by atoms with Crippen LogP contribution in [0.3, 0.4) is 0 Å². The Labute approximate surface area is 103 Å². The molecule has 94 valence electrons. The summed E-state index contributed by atoms with van der Waals surface area (Å²) < 4.78 is 5.61. The molecule has 0 spiro atoms. The Hall–Kier alpha value is -0.840. The first-order valence-corrected chi connectivity index (χ1v) is 6.53. The Kier molecular flexibility index (Phi) is 3.18. The number of furan rings is 1. The van der Waals surface area contributed by atoms with Gasteiger partial charge in [-0.1, -0.05) is 0 Å². The van der Waals surface area contributed by atoms with Crippen LogP contribution in [0.4, 0.5) is 0 Å². The highest BCUT2D eigenvalue weighted by Crippen LogP contribution is 2.27. The summed E-state index contributed by atoms with van der Waals surface area (Å²) in [5.74, 6) is 1.11. The second-order valence-electron chi connectivity index (χ2n) is 5.18. The van der Waals surface area contributed by atoms with Crippen molar-refractivity contribution < 1.29 is 4.42 Å². The van der Waals surface area contributed by atoms with E-state index in [4.69, 9.17) is 4.42 Å². The minimum absolute atomic E-state index is 0.409. The Morgan fingerprint density at radius 3 is 3.18 bits per heavy atom. The van der Waals surface area contributed by atoms with Gasteiger partial charge < -0.3 is 14.6 Å². The van der Waals surface area contributed by atoms with Gasteiger partial charge in [-0.05, 0) is 32.1 Å². The number of nitrogens with one attached hydrogen (secondary N) is 1. The highest BCUT2D eigenvalue weighted by atomic mass is 16.3. The predicted octanol–water partition coefficient (Wildman–Crippen LogP) is 0.930. The number of nitrogens with zero attached hydrogens (tertiary/aromatic N) is 2. The molecule has 0 amide bonds. The summed E-state index contributed by atoms with van der Waals surface area (Å²) in [4.78, 5) is 5.06. The molecule has 1 aromatic heterocycles. The van der Waals surface area contributed by atoms with Crippen LogP contribution in [0, 0.1) is 0 Å². The highest BCUT2D eigenvalue weighted by Gasteiger charge is 2.34. The van der Waals surface area contributed by atoms with Gasteiger partial charge in [0.05, 0.1) is 12.3 Å². The Morgan fingerprint density at radius 2 is 2.35 bits per heavy atom. The van der Waals surface area contributed by atoms with Gasteiger partial charge in [0.25, 0.3) is 0 Å². The maximum Gasteiger partial charge on any atom is 0.122 e. The second kappa shape index (κ2) is 4.80. The van der Waals surface area contributed by atoms with E-state index < -0.39 is 0 Å². The average Bonchev–Trinajstić information content (AvgIpc) is 2.77. The zero-order valence-electron chi connectivity index (χ0n) is 10.4. The first kappa shape index (κ1) is 11.3. The maximum atomic E-state index is 5.61. The third-order valence-corrected chi connectivity index (χ3v) is 4.00. The fraction of sp³-hybridized carbons (Fsp3) is 0.692. The predicted molar refractivity (Wildman–Crippen MR) is 66.9 cm³/mol. The normalized spacial score (nSPS) is 32.1. The minimum atomic E-state index is 0.409. The summed E-state index contributed by atoms with van der Waals surface area (Å²) in [6.07, 6.45) is 3.02. The van der Waals surface area contributed by atoms with Gasteiger partial charge in [-0.25, -0.2) is 0 Å². The molecule has 2 aliphatic rings. The monoisotopic (exact) mass is 235 g/mol. The third-order valence-electron chi connectivity index (χ3n) is 4.00. The van der Waals surface area contributed by atoms with E-state index in [1.165, 1.54) is 13.0 Å². The maximum absolute atomic E-state index is 5.61. The lowest BCUT2D eigenvalue weighted by atomic mass is 10.1. The van der Waals surface area contributed by atoms with Gasteiger partial charge in [-0.15, -0.1) is 0 Å². The highest BCUT2D eigenvalue weighted by molar-refractivity contribution is 5.08. The van der Waals surface area contributed by atoms with E-state index in [0.717, 1.165) is 31.9 Å². The number of hydrogen-bond donors (Lipinski definition) is 1. The first-order valence-electron chi connectivity index (χ1n) is 6.53. The standard InChI is InChI=1S/C13H21N3O/c1-15-6-7-16-11(10-15)4-5-14-9-12(16)13-3-2-8-17-13/h2-3,8,11-12,14H,4-7,9-10H2,1H3. The van der Waals surface area contributed by atoms with Crippen molar-refractivity contribution >= 4 is 0 Å². The number of likely N-dealkylation sites (N-methyl/N-ethyl adjacent to an activating group) is 1. The lowest BCUT2D eigenvalue weighted by Gasteiger charge is -2.42. The van der Waals surface area contributed by atoms with Gasteiger partial charge in [0.2, 0.25) is 0 Å². The van der Waals surface area contributed by atoms with E-state index in [1.807, 2.05) is 6.07 Å². The third kappa shape index (κ3) is 2.25. The van der Waals surface area contributed by atoms with Crippen molar-refractivity contribution in [3.05, 3.63) is 24.2 Å². The van der Waals surface area contributed by atoms with E-state index in [0.29, 0.717) is 12.1 Å². The molecule has 0 saturated carbocycles. The molecule has 0 aromatic carbocycles. The molecule has 2 aliphatic heterocycles. The summed E-state index contributed by atoms with van der Waals surface area (Å²) in [5.41, 5.74) is 0. The van der Waals surface area contributed by atoms with E-state index in [2.05, 4.69) is 28.2 Å². The Bertz CT molecular complexity index is 352. The van der Waals surface area contributed by atoms with E-state index in [9.17, 15) is 0 Å². The van der Waals surface area contributed by atoms with Gasteiger partial charge >= 0.3 is 0 Å². The van der Waals surface area contributed by atoms with Crippen molar-refractivity contribution in [3.8, 4) is 0 Å². The topological polar surface area (TPSA) is 31.6 Å². The van der Waals surface area contributed by atoms with Crippen LogP contribution in [0.5, 0.6) is 0 Å². The lowest BCUT2D eigenvalue weighted by molar-refractivity contribution is 0.0510. The fourth-order valence-corrected chi connectivity index (χ4v) is 3.06. The van der Waals surface area contributed by atoms with Crippen molar-refractivity contribution in [3.63, 3.8) is 0 Å². The quantitative estimate of drug-likeness (QED) is 0.785. The van der Waals surface area contributed by atoms with E-state index >= 15 is 0 Å². The molecule has 17 heavy (non-hydrogen) atoms. The van der Waals surface area contributed by atoms with Crippen molar-refractivity contribution in [2.24, 2.45) is 0 Å². The lowest BCUT2D eigenvalue weighted by Crippen LogP contribution is -2.52. The van der Waals surface area contributed by atoms with E-state index in [1.54, 1.807) is 6.26 Å². The summed E-state index contributed by atoms with van der Waals surface area (Å²) in [5, 5.41) is 3.54. The largest absolute Gasteiger partial charge is 0.468 e. The van der Waals surface area contributed by atoms with Crippen LogP contribution in [0.25, 0.3) is 0 Å². The molecule has 2 saturated heterocycles. The molecule has 3 heterocycles. The summed E-state index contributed by atoms with van der Waals surface area (Å²) in [7, 11) is 2.22. The van der Waals surface area contributed by atoms with Crippen molar-refractivity contribution in [2.45, 2.75) is 18.5 Å². The molecule has 0 radical (unpaired) electrons. The molecule has 1 N–H and O–H groups in total. The van der Waals surface area contributed by atoms with Gasteiger partial charge in [0, 0.05) is 32.2 Å². The smallest absolute Gasteiger partial charge is 0.122 e. The molecule has 2 atom stereocenters. The first-order chi connectivity index (χ1) is 8.34. The second-order valence-corrected chi connectivity index (χ2v) is 5.18. The molecule has 2 unspecified atom stereocenters. The van der Waals surface area contributed by atoms with Crippen molar-refractivity contribution in [2.75, 3.05) is 39.8 Å². The fourth-order valence-electron chi connectivity index (χ4n) is 3.06. The van der Waals surface area contributed by atoms with Gasteiger partial charge in [-0.2, -0.15) is 0 Å². The number of fused-ring (bicyclic) bond motifs is 1. The number of rotatable bonds is 1. The zero-order chi connectivity index (χ0) is 11.7. The molecule has 4 heteroatoms. The van der Waals surface area contributed by atoms with Crippen LogP contribution >= 0.6 is 0 Å². The van der Waals surface area contributed by atoms with Crippen LogP contribution in [-0.4, -0.2) is 55.6 Å². The SMILES string of the molecule is CN1CCN2C(CCNCC2c2ccco2)C1. The number of hydrogen-bond acceptors (Lipinski definition) is 4. The molecule has 3 rings (SSSR count). The van der Waals surface area contributed by atoms with Crippen molar-refractivity contribution in [1.82, 2.24) is 15.1 Å². The van der Waals surface area contributed by atoms with Crippen LogP contribution < -0.4 is 5.32 Å². The Morgan fingerprint density at radius 1 is 1.41 bits per heavy atom. The Balaban J connectivity index is 1.82. The van der Waals surface area contributed by atoms with Gasteiger partial charge in [-0.3, -0.25) is 4.90 Å². The van der Waals surface area contributed by atoms with Crippen LogP contribution in [0.15, 0.2) is 22.8 Å². The number of piperazine rings is 1. The summed E-state index contributed by atoms with van der Waals surface area (Å²) in [6.45, 7) is 5.61. The van der Waals surface area contributed by atoms with Gasteiger partial charge in [0.1, 0.15) is 5.76 Å². The molecular formula is C13H21N3O. The van der Waals surface area contributed by atoms with Crippen molar-refractivity contribution in [1.29, 1.82) is 0 Å². The summed E-state index contributed by atoms with van der Waals surface area (Å²) >= 11 is 0. The molecule has 4 nitrogen and oxygen atoms in total. The minimum Gasteiger partial charge on any atom is -0.468 e. The molecule has 0 bridgehead atoms. The molecule has 1 aromatic rings. The molecule has 2 fully saturated rings. The van der Waals surface area contributed by atoms with Crippen LogP contribution in [0.2, 0.25) is 0 Å².